The number of amides is 1. The lowest BCUT2D eigenvalue weighted by Gasteiger charge is -2.22. The van der Waals surface area contributed by atoms with Gasteiger partial charge in [0, 0.05) is 11.4 Å². The summed E-state index contributed by atoms with van der Waals surface area (Å²) in [4.78, 5) is 18.6. The zero-order valence-electron chi connectivity index (χ0n) is 14.5. The van der Waals surface area contributed by atoms with Crippen LogP contribution < -0.4 is 5.32 Å². The summed E-state index contributed by atoms with van der Waals surface area (Å²) in [7, 11) is -3.62. The Labute approximate surface area is 161 Å². The van der Waals surface area contributed by atoms with Gasteiger partial charge in [0.2, 0.25) is 5.91 Å². The number of thiazole rings is 1. The minimum atomic E-state index is -3.62. The quantitative estimate of drug-likeness (QED) is 0.838. The van der Waals surface area contributed by atoms with Crippen LogP contribution in [0.1, 0.15) is 36.8 Å². The topological polar surface area (TPSA) is 79.4 Å². The van der Waals surface area contributed by atoms with Gasteiger partial charge in [0.1, 0.15) is 10.3 Å². The number of nitrogens with one attached hydrogen (secondary N) is 1. The molecule has 0 radical (unpaired) electrons. The van der Waals surface area contributed by atoms with Gasteiger partial charge in [0.25, 0.3) is 10.0 Å². The third kappa shape index (κ3) is 3.33. The maximum atomic E-state index is 12.8. The fourth-order valence-corrected chi connectivity index (χ4v) is 7.55. The molecular weight excluding hydrogens is 390 g/mol. The van der Waals surface area contributed by atoms with Crippen molar-refractivity contribution in [2.75, 3.05) is 11.9 Å². The molecule has 9 heteroatoms. The van der Waals surface area contributed by atoms with E-state index in [-0.39, 0.29) is 10.1 Å². The summed E-state index contributed by atoms with van der Waals surface area (Å²) in [5.74, 6) is 0.370. The van der Waals surface area contributed by atoms with E-state index in [0.29, 0.717) is 30.4 Å². The van der Waals surface area contributed by atoms with Crippen LogP contribution in [0.3, 0.4) is 0 Å². The number of aromatic nitrogens is 1. The largest absolute Gasteiger partial charge is 0.301 e. The average Bonchev–Trinajstić information content (AvgIpc) is 3.34. The molecule has 1 fully saturated rings. The molecule has 2 aromatic heterocycles. The first-order valence-electron chi connectivity index (χ1n) is 8.80. The fourth-order valence-electron chi connectivity index (χ4n) is 3.60. The van der Waals surface area contributed by atoms with Crippen molar-refractivity contribution >= 4 is 43.7 Å². The van der Waals surface area contributed by atoms with E-state index in [1.807, 2.05) is 0 Å². The number of sulfonamides is 1. The van der Waals surface area contributed by atoms with Crippen LogP contribution in [0.4, 0.5) is 5.13 Å². The highest BCUT2D eigenvalue weighted by molar-refractivity contribution is 7.91. The monoisotopic (exact) mass is 411 g/mol. The highest BCUT2D eigenvalue weighted by atomic mass is 32.2. The molecule has 1 aliphatic heterocycles. The smallest absolute Gasteiger partial charge is 0.253 e. The Bertz CT molecular complexity index is 905. The first-order chi connectivity index (χ1) is 12.4. The highest BCUT2D eigenvalue weighted by Crippen LogP contribution is 2.33. The fraction of sp³-hybridized carbons (Fsp3) is 0.529. The zero-order valence-corrected chi connectivity index (χ0v) is 16.9. The second-order valence-corrected chi connectivity index (χ2v) is 11.1. The molecule has 0 unspecified atom stereocenters. The molecule has 4 rings (SSSR count). The van der Waals surface area contributed by atoms with Gasteiger partial charge in [-0.15, -0.1) is 22.7 Å². The summed E-state index contributed by atoms with van der Waals surface area (Å²) in [6.07, 6.45) is 4.31. The Hall–Kier alpha value is -1.29. The number of aryl methyl sites for hydroxylation is 1. The van der Waals surface area contributed by atoms with Gasteiger partial charge in [-0.05, 0) is 49.5 Å². The van der Waals surface area contributed by atoms with Gasteiger partial charge in [-0.3, -0.25) is 4.79 Å². The molecule has 140 valence electrons. The molecule has 2 aliphatic rings. The maximum Gasteiger partial charge on any atom is 0.253 e. The molecule has 1 aliphatic carbocycles. The van der Waals surface area contributed by atoms with Crippen LogP contribution in [0, 0.1) is 5.92 Å². The Morgan fingerprint density at radius 1 is 1.38 bits per heavy atom. The van der Waals surface area contributed by atoms with Gasteiger partial charge in [0.05, 0.1) is 5.69 Å². The molecule has 2 atom stereocenters. The standard InChI is InChI=1S/C17H21N3O3S3/c1-11-6-7-12-14(10-11)25-17(18-12)19-16(21)13-4-2-8-20(13)26(22,23)15-5-3-9-24-15/h3,5,9,11,13H,2,4,6-8,10H2,1H3,(H,18,19,21)/t11-,13-/m1/s1. The van der Waals surface area contributed by atoms with Crippen molar-refractivity contribution in [3.63, 3.8) is 0 Å². The number of hydrogen-bond donors (Lipinski definition) is 1. The Morgan fingerprint density at radius 3 is 3.00 bits per heavy atom. The lowest BCUT2D eigenvalue weighted by atomic mass is 9.93. The lowest BCUT2D eigenvalue weighted by Crippen LogP contribution is -2.42. The predicted octanol–water partition coefficient (Wildman–Crippen LogP) is 3.12. The van der Waals surface area contributed by atoms with E-state index in [4.69, 9.17) is 0 Å². The zero-order chi connectivity index (χ0) is 18.3. The summed E-state index contributed by atoms with van der Waals surface area (Å²) >= 11 is 2.70. The van der Waals surface area contributed by atoms with Crippen LogP contribution in [0.25, 0.3) is 0 Å². The van der Waals surface area contributed by atoms with Gasteiger partial charge in [0.15, 0.2) is 5.13 Å². The molecule has 1 saturated heterocycles. The summed E-state index contributed by atoms with van der Waals surface area (Å²) < 4.78 is 27.2. The van der Waals surface area contributed by atoms with E-state index < -0.39 is 16.1 Å². The molecule has 3 heterocycles. The number of fused-ring (bicyclic) bond motifs is 1. The van der Waals surface area contributed by atoms with Crippen LogP contribution in [0.2, 0.25) is 0 Å². The molecule has 1 N–H and O–H groups in total. The van der Waals surface area contributed by atoms with Crippen molar-refractivity contribution in [1.82, 2.24) is 9.29 Å². The number of carbonyl (C=O) groups excluding carboxylic acids is 1. The highest BCUT2D eigenvalue weighted by Gasteiger charge is 2.40. The molecule has 0 bridgehead atoms. The van der Waals surface area contributed by atoms with Crippen molar-refractivity contribution in [2.24, 2.45) is 5.92 Å². The van der Waals surface area contributed by atoms with Crippen LogP contribution in [-0.2, 0) is 27.7 Å². The van der Waals surface area contributed by atoms with E-state index in [1.165, 1.54) is 31.9 Å². The summed E-state index contributed by atoms with van der Waals surface area (Å²) in [6.45, 7) is 2.61. The number of nitrogens with zero attached hydrogens (tertiary/aromatic N) is 2. The minimum absolute atomic E-state index is 0.276. The maximum absolute atomic E-state index is 12.8. The van der Waals surface area contributed by atoms with Crippen molar-refractivity contribution in [1.29, 1.82) is 0 Å². The van der Waals surface area contributed by atoms with Crippen molar-refractivity contribution < 1.29 is 13.2 Å². The van der Waals surface area contributed by atoms with E-state index in [1.54, 1.807) is 17.5 Å². The molecule has 2 aromatic rings. The summed E-state index contributed by atoms with van der Waals surface area (Å²) in [5.41, 5.74) is 1.08. The molecule has 0 saturated carbocycles. The lowest BCUT2D eigenvalue weighted by molar-refractivity contribution is -0.119. The van der Waals surface area contributed by atoms with Gasteiger partial charge in [-0.2, -0.15) is 4.31 Å². The van der Waals surface area contributed by atoms with Gasteiger partial charge in [-0.25, -0.2) is 13.4 Å². The van der Waals surface area contributed by atoms with Crippen molar-refractivity contribution in [2.45, 2.75) is 49.3 Å². The minimum Gasteiger partial charge on any atom is -0.301 e. The molecule has 6 nitrogen and oxygen atoms in total. The Kier molecular flexibility index (Phi) is 4.89. The van der Waals surface area contributed by atoms with E-state index in [0.717, 1.165) is 25.0 Å². The van der Waals surface area contributed by atoms with E-state index in [9.17, 15) is 13.2 Å². The SMILES string of the molecule is C[C@@H]1CCc2nc(NC(=O)[C@H]3CCCN3S(=O)(=O)c3cccs3)sc2C1. The van der Waals surface area contributed by atoms with Crippen LogP contribution in [0.5, 0.6) is 0 Å². The molecule has 0 aromatic carbocycles. The van der Waals surface area contributed by atoms with Gasteiger partial charge in [-0.1, -0.05) is 13.0 Å². The Morgan fingerprint density at radius 2 is 2.23 bits per heavy atom. The van der Waals surface area contributed by atoms with Gasteiger partial charge >= 0.3 is 0 Å². The molecular formula is C17H21N3O3S3. The molecule has 1 amide bonds. The Balaban J connectivity index is 1.51. The van der Waals surface area contributed by atoms with Crippen molar-refractivity contribution in [3.05, 3.63) is 28.1 Å². The van der Waals surface area contributed by atoms with E-state index in [2.05, 4.69) is 17.2 Å². The van der Waals surface area contributed by atoms with Crippen LogP contribution in [-0.4, -0.2) is 36.2 Å². The average molecular weight is 412 g/mol. The second-order valence-electron chi connectivity index (χ2n) is 6.93. The number of rotatable bonds is 4. The predicted molar refractivity (Wildman–Crippen MR) is 103 cm³/mol. The molecule has 0 spiro atoms. The summed E-state index contributed by atoms with van der Waals surface area (Å²) in [5, 5.41) is 5.20. The number of anilines is 1. The number of carbonyl (C=O) groups is 1. The second kappa shape index (κ2) is 7.03. The third-order valence-electron chi connectivity index (χ3n) is 4.98. The normalized spacial score (nSPS) is 23.7. The number of thiophene rings is 1. The van der Waals surface area contributed by atoms with Crippen LogP contribution in [0.15, 0.2) is 21.7 Å². The number of hydrogen-bond acceptors (Lipinski definition) is 6. The first-order valence-corrected chi connectivity index (χ1v) is 11.9. The van der Waals surface area contributed by atoms with Gasteiger partial charge < -0.3 is 5.32 Å². The summed E-state index contributed by atoms with van der Waals surface area (Å²) in [6, 6.07) is 2.63. The third-order valence-corrected chi connectivity index (χ3v) is 9.30. The molecule has 26 heavy (non-hydrogen) atoms. The van der Waals surface area contributed by atoms with Crippen molar-refractivity contribution in [3.8, 4) is 0 Å². The van der Waals surface area contributed by atoms with E-state index >= 15 is 0 Å². The first kappa shape index (κ1) is 18.1. The van der Waals surface area contributed by atoms with Crippen LogP contribution >= 0.6 is 22.7 Å².